The molecule has 2 rings (SSSR count). The molecule has 0 spiro atoms. The molecule has 94 valence electrons. The monoisotopic (exact) mass is 264 g/mol. The van der Waals surface area contributed by atoms with Gasteiger partial charge in [-0.1, -0.05) is 17.7 Å². The molecule has 0 saturated heterocycles. The van der Waals surface area contributed by atoms with E-state index in [0.29, 0.717) is 10.6 Å². The second-order valence-electron chi connectivity index (χ2n) is 4.12. The summed E-state index contributed by atoms with van der Waals surface area (Å²) in [6.07, 6.45) is 1.75. The van der Waals surface area contributed by atoms with E-state index in [4.69, 9.17) is 11.6 Å². The highest BCUT2D eigenvalue weighted by atomic mass is 35.5. The molecule has 0 aliphatic rings. The minimum absolute atomic E-state index is 0.253. The Balaban J connectivity index is 2.44. The van der Waals surface area contributed by atoms with Gasteiger partial charge in [0, 0.05) is 22.5 Å². The van der Waals surface area contributed by atoms with Crippen molar-refractivity contribution in [3.63, 3.8) is 0 Å². The summed E-state index contributed by atoms with van der Waals surface area (Å²) >= 11 is 5.92. The first-order chi connectivity index (χ1) is 8.61. The standard InChI is InChI=1S/C14H14ClFN2/c1-9-3-4-10(8-18-9)14(17-2)12-7-11(15)5-6-13(12)16/h3-8,14,17H,1-2H3. The lowest BCUT2D eigenvalue weighted by Crippen LogP contribution is -2.19. The number of aromatic nitrogens is 1. The number of nitrogens with one attached hydrogen (secondary N) is 1. The van der Waals surface area contributed by atoms with Gasteiger partial charge in [-0.05, 0) is 43.8 Å². The van der Waals surface area contributed by atoms with Crippen molar-refractivity contribution in [1.29, 1.82) is 0 Å². The first-order valence-electron chi connectivity index (χ1n) is 5.66. The van der Waals surface area contributed by atoms with Gasteiger partial charge in [0.1, 0.15) is 5.82 Å². The molecule has 0 radical (unpaired) electrons. The highest BCUT2D eigenvalue weighted by Crippen LogP contribution is 2.26. The van der Waals surface area contributed by atoms with Crippen molar-refractivity contribution < 1.29 is 4.39 Å². The molecule has 4 heteroatoms. The van der Waals surface area contributed by atoms with E-state index in [2.05, 4.69) is 10.3 Å². The predicted octanol–water partition coefficient (Wildman–Crippen LogP) is 3.49. The molecular formula is C14H14ClFN2. The van der Waals surface area contributed by atoms with Gasteiger partial charge in [0.2, 0.25) is 0 Å². The van der Waals surface area contributed by atoms with Gasteiger partial charge in [-0.25, -0.2) is 4.39 Å². The Morgan fingerprint density at radius 2 is 2.06 bits per heavy atom. The maximum Gasteiger partial charge on any atom is 0.128 e. The third-order valence-electron chi connectivity index (χ3n) is 2.83. The number of aryl methyl sites for hydroxylation is 1. The molecule has 0 saturated carbocycles. The van der Waals surface area contributed by atoms with Crippen molar-refractivity contribution in [2.24, 2.45) is 0 Å². The van der Waals surface area contributed by atoms with Crippen molar-refractivity contribution in [3.8, 4) is 0 Å². The van der Waals surface area contributed by atoms with Crippen molar-refractivity contribution in [3.05, 3.63) is 64.2 Å². The molecule has 0 aliphatic carbocycles. The largest absolute Gasteiger partial charge is 0.309 e. The summed E-state index contributed by atoms with van der Waals surface area (Å²) in [4.78, 5) is 4.23. The third kappa shape index (κ3) is 2.68. The minimum Gasteiger partial charge on any atom is -0.309 e. The Hall–Kier alpha value is -1.45. The fourth-order valence-electron chi connectivity index (χ4n) is 1.89. The maximum absolute atomic E-state index is 13.9. The normalized spacial score (nSPS) is 12.4. The van der Waals surface area contributed by atoms with Gasteiger partial charge in [0.15, 0.2) is 0 Å². The van der Waals surface area contributed by atoms with Crippen LogP contribution in [0.2, 0.25) is 5.02 Å². The van der Waals surface area contributed by atoms with Crippen LogP contribution < -0.4 is 5.32 Å². The lowest BCUT2D eigenvalue weighted by Gasteiger charge is -2.18. The fraction of sp³-hybridized carbons (Fsp3) is 0.214. The molecule has 1 atom stereocenters. The van der Waals surface area contributed by atoms with Crippen LogP contribution in [0.15, 0.2) is 36.5 Å². The number of rotatable bonds is 3. The van der Waals surface area contributed by atoms with E-state index in [1.54, 1.807) is 25.4 Å². The summed E-state index contributed by atoms with van der Waals surface area (Å²) in [5.41, 5.74) is 2.36. The minimum atomic E-state index is -0.278. The second kappa shape index (κ2) is 5.46. The summed E-state index contributed by atoms with van der Waals surface area (Å²) in [5, 5.41) is 3.60. The van der Waals surface area contributed by atoms with Crippen LogP contribution in [0.1, 0.15) is 22.9 Å². The predicted molar refractivity (Wildman–Crippen MR) is 71.3 cm³/mol. The summed E-state index contributed by atoms with van der Waals surface area (Å²) in [7, 11) is 1.78. The summed E-state index contributed by atoms with van der Waals surface area (Å²) in [5.74, 6) is -0.278. The van der Waals surface area contributed by atoms with Crippen LogP contribution in [-0.2, 0) is 0 Å². The molecule has 0 fully saturated rings. The van der Waals surface area contributed by atoms with Gasteiger partial charge in [-0.3, -0.25) is 4.98 Å². The topological polar surface area (TPSA) is 24.9 Å². The summed E-state index contributed by atoms with van der Waals surface area (Å²) in [6.45, 7) is 1.91. The molecule has 1 aromatic carbocycles. The highest BCUT2D eigenvalue weighted by Gasteiger charge is 2.16. The van der Waals surface area contributed by atoms with Crippen LogP contribution in [0.5, 0.6) is 0 Å². The van der Waals surface area contributed by atoms with Crippen LogP contribution in [0.25, 0.3) is 0 Å². The lowest BCUT2D eigenvalue weighted by molar-refractivity contribution is 0.575. The maximum atomic E-state index is 13.9. The second-order valence-corrected chi connectivity index (χ2v) is 4.56. The van der Waals surface area contributed by atoms with E-state index < -0.39 is 0 Å². The average molecular weight is 265 g/mol. The Morgan fingerprint density at radius 3 is 2.67 bits per heavy atom. The zero-order chi connectivity index (χ0) is 13.1. The number of hydrogen-bond acceptors (Lipinski definition) is 2. The van der Waals surface area contributed by atoms with Crippen LogP contribution >= 0.6 is 11.6 Å². The Morgan fingerprint density at radius 1 is 1.28 bits per heavy atom. The lowest BCUT2D eigenvalue weighted by atomic mass is 9.99. The van der Waals surface area contributed by atoms with Crippen LogP contribution in [0.3, 0.4) is 0 Å². The quantitative estimate of drug-likeness (QED) is 0.918. The SMILES string of the molecule is CNC(c1ccc(C)nc1)c1cc(Cl)ccc1F. The Labute approximate surface area is 111 Å². The molecular weight excluding hydrogens is 251 g/mol. The molecule has 18 heavy (non-hydrogen) atoms. The van der Waals surface area contributed by atoms with Gasteiger partial charge in [0.25, 0.3) is 0 Å². The van der Waals surface area contributed by atoms with Crippen LogP contribution in [0.4, 0.5) is 4.39 Å². The van der Waals surface area contributed by atoms with Crippen molar-refractivity contribution >= 4 is 11.6 Å². The number of pyridine rings is 1. The first-order valence-corrected chi connectivity index (χ1v) is 6.04. The number of nitrogens with zero attached hydrogens (tertiary/aromatic N) is 1. The first kappa shape index (κ1) is 13.0. The van der Waals surface area contributed by atoms with Gasteiger partial charge in [0.05, 0.1) is 6.04 Å². The van der Waals surface area contributed by atoms with E-state index >= 15 is 0 Å². The molecule has 1 N–H and O–H groups in total. The highest BCUT2D eigenvalue weighted by molar-refractivity contribution is 6.30. The number of hydrogen-bond donors (Lipinski definition) is 1. The van der Waals surface area contributed by atoms with Gasteiger partial charge in [-0.2, -0.15) is 0 Å². The van der Waals surface area contributed by atoms with Gasteiger partial charge < -0.3 is 5.32 Å². The van der Waals surface area contributed by atoms with Crippen LogP contribution in [-0.4, -0.2) is 12.0 Å². The van der Waals surface area contributed by atoms with Gasteiger partial charge in [-0.15, -0.1) is 0 Å². The van der Waals surface area contributed by atoms with Crippen molar-refractivity contribution in [2.45, 2.75) is 13.0 Å². The number of benzene rings is 1. The Bertz CT molecular complexity index is 540. The zero-order valence-corrected chi connectivity index (χ0v) is 11.0. The molecule has 0 aliphatic heterocycles. The van der Waals surface area contributed by atoms with E-state index in [1.165, 1.54) is 6.07 Å². The van der Waals surface area contributed by atoms with Crippen LogP contribution in [0, 0.1) is 12.7 Å². The molecule has 0 amide bonds. The van der Waals surface area contributed by atoms with Gasteiger partial charge >= 0.3 is 0 Å². The summed E-state index contributed by atoms with van der Waals surface area (Å²) < 4.78 is 13.9. The molecule has 2 nitrogen and oxygen atoms in total. The third-order valence-corrected chi connectivity index (χ3v) is 3.06. The summed E-state index contributed by atoms with van der Waals surface area (Å²) in [6, 6.07) is 8.14. The van der Waals surface area contributed by atoms with E-state index in [0.717, 1.165) is 11.3 Å². The molecule has 0 bridgehead atoms. The number of halogens is 2. The van der Waals surface area contributed by atoms with Crippen molar-refractivity contribution in [2.75, 3.05) is 7.05 Å². The molecule has 2 aromatic rings. The van der Waals surface area contributed by atoms with Crippen molar-refractivity contribution in [1.82, 2.24) is 10.3 Å². The fourth-order valence-corrected chi connectivity index (χ4v) is 2.07. The molecule has 1 aromatic heterocycles. The Kier molecular flexibility index (Phi) is 3.94. The molecule has 1 heterocycles. The van der Waals surface area contributed by atoms with E-state index in [1.807, 2.05) is 19.1 Å². The average Bonchev–Trinajstić information content (AvgIpc) is 2.37. The zero-order valence-electron chi connectivity index (χ0n) is 10.2. The van der Waals surface area contributed by atoms with E-state index in [9.17, 15) is 4.39 Å². The van der Waals surface area contributed by atoms with E-state index in [-0.39, 0.29) is 11.9 Å². The molecule has 1 unspecified atom stereocenters. The smallest absolute Gasteiger partial charge is 0.128 e.